The number of amides is 1. The first-order chi connectivity index (χ1) is 12.6. The molecule has 0 atom stereocenters. The fourth-order valence-corrected chi connectivity index (χ4v) is 2.58. The zero-order valence-electron chi connectivity index (χ0n) is 13.8. The number of benzene rings is 3. The topological polar surface area (TPSA) is 55.4 Å². The zero-order valence-corrected chi connectivity index (χ0v) is 14.6. The van der Waals surface area contributed by atoms with Crippen molar-refractivity contribution in [3.05, 3.63) is 106 Å². The Balaban J connectivity index is 1.72. The summed E-state index contributed by atoms with van der Waals surface area (Å²) >= 11 is 5.86. The van der Waals surface area contributed by atoms with Crippen molar-refractivity contribution < 1.29 is 14.4 Å². The van der Waals surface area contributed by atoms with E-state index in [1.165, 1.54) is 0 Å². The van der Waals surface area contributed by atoms with Crippen LogP contribution in [-0.2, 0) is 11.4 Å². The zero-order chi connectivity index (χ0) is 18.4. The maximum absolute atomic E-state index is 12.7. The number of halogens is 1. The van der Waals surface area contributed by atoms with Gasteiger partial charge in [0.2, 0.25) is 0 Å². The SMILES string of the molecule is O=C(NOCc1ccccc1)c1ccccc1C(=O)c1ccc(Cl)cc1. The molecule has 130 valence electrons. The maximum Gasteiger partial charge on any atom is 0.275 e. The van der Waals surface area contributed by atoms with Gasteiger partial charge in [0.05, 0.1) is 12.2 Å². The Kier molecular flexibility index (Phi) is 5.79. The summed E-state index contributed by atoms with van der Waals surface area (Å²) in [5.74, 6) is -0.727. The minimum Gasteiger partial charge on any atom is -0.289 e. The number of carbonyl (C=O) groups is 2. The smallest absolute Gasteiger partial charge is 0.275 e. The molecule has 4 nitrogen and oxygen atoms in total. The number of hydroxylamine groups is 1. The molecule has 0 heterocycles. The molecule has 0 aliphatic carbocycles. The summed E-state index contributed by atoms with van der Waals surface area (Å²) in [5.41, 5.74) is 4.33. The summed E-state index contributed by atoms with van der Waals surface area (Å²) in [6.07, 6.45) is 0. The molecule has 0 bridgehead atoms. The molecule has 0 aliphatic heterocycles. The third-order valence-electron chi connectivity index (χ3n) is 3.77. The van der Waals surface area contributed by atoms with Crippen molar-refractivity contribution in [2.24, 2.45) is 0 Å². The monoisotopic (exact) mass is 365 g/mol. The van der Waals surface area contributed by atoms with Crippen LogP contribution in [-0.4, -0.2) is 11.7 Å². The minimum absolute atomic E-state index is 0.236. The molecule has 0 fully saturated rings. The maximum atomic E-state index is 12.7. The molecule has 0 unspecified atom stereocenters. The van der Waals surface area contributed by atoms with Crippen LogP contribution in [0.25, 0.3) is 0 Å². The molecule has 1 amide bonds. The van der Waals surface area contributed by atoms with Crippen LogP contribution >= 0.6 is 11.6 Å². The van der Waals surface area contributed by atoms with E-state index in [4.69, 9.17) is 16.4 Å². The van der Waals surface area contributed by atoms with E-state index in [0.29, 0.717) is 16.1 Å². The fourth-order valence-electron chi connectivity index (χ4n) is 2.45. The summed E-state index contributed by atoms with van der Waals surface area (Å²) in [6.45, 7) is 0.236. The molecule has 0 aromatic heterocycles. The van der Waals surface area contributed by atoms with Crippen LogP contribution in [0.15, 0.2) is 78.9 Å². The Morgan fingerprint density at radius 2 is 1.42 bits per heavy atom. The van der Waals surface area contributed by atoms with E-state index in [1.807, 2.05) is 30.3 Å². The van der Waals surface area contributed by atoms with Crippen LogP contribution in [0, 0.1) is 0 Å². The van der Waals surface area contributed by atoms with Gasteiger partial charge in [0, 0.05) is 16.1 Å². The van der Waals surface area contributed by atoms with E-state index in [2.05, 4.69) is 5.48 Å². The minimum atomic E-state index is -0.473. The van der Waals surface area contributed by atoms with Gasteiger partial charge in [0.15, 0.2) is 5.78 Å². The Labute approximate surface area is 156 Å². The molecule has 3 aromatic rings. The highest BCUT2D eigenvalue weighted by Gasteiger charge is 2.18. The van der Waals surface area contributed by atoms with Gasteiger partial charge in [-0.3, -0.25) is 14.4 Å². The number of carbonyl (C=O) groups excluding carboxylic acids is 2. The lowest BCUT2D eigenvalue weighted by Gasteiger charge is -2.10. The van der Waals surface area contributed by atoms with Crippen molar-refractivity contribution in [2.45, 2.75) is 6.61 Å². The molecule has 5 heteroatoms. The number of rotatable bonds is 6. The van der Waals surface area contributed by atoms with Crippen LogP contribution in [0.4, 0.5) is 0 Å². The van der Waals surface area contributed by atoms with E-state index in [9.17, 15) is 9.59 Å². The first kappa shape index (κ1) is 17.9. The van der Waals surface area contributed by atoms with E-state index in [0.717, 1.165) is 5.56 Å². The summed E-state index contributed by atoms with van der Waals surface area (Å²) in [6, 6.07) is 22.6. The highest BCUT2D eigenvalue weighted by atomic mass is 35.5. The van der Waals surface area contributed by atoms with Crippen molar-refractivity contribution >= 4 is 23.3 Å². The Morgan fingerprint density at radius 3 is 2.12 bits per heavy atom. The van der Waals surface area contributed by atoms with Gasteiger partial charge in [0.25, 0.3) is 5.91 Å². The highest BCUT2D eigenvalue weighted by molar-refractivity contribution is 6.30. The number of hydrogen-bond donors (Lipinski definition) is 1. The third-order valence-corrected chi connectivity index (χ3v) is 4.02. The summed E-state index contributed by atoms with van der Waals surface area (Å²) in [4.78, 5) is 30.4. The standard InChI is InChI=1S/C21H16ClNO3/c22-17-12-10-16(11-13-17)20(24)18-8-4-5-9-19(18)21(25)23-26-14-15-6-2-1-3-7-15/h1-13H,14H2,(H,23,25). The predicted molar refractivity (Wildman–Crippen MR) is 100 cm³/mol. The van der Waals surface area contributed by atoms with Gasteiger partial charge < -0.3 is 0 Å². The van der Waals surface area contributed by atoms with Crippen molar-refractivity contribution in [3.63, 3.8) is 0 Å². The highest BCUT2D eigenvalue weighted by Crippen LogP contribution is 2.17. The fraction of sp³-hybridized carbons (Fsp3) is 0.0476. The van der Waals surface area contributed by atoms with Crippen LogP contribution in [0.3, 0.4) is 0 Å². The van der Waals surface area contributed by atoms with Gasteiger partial charge in [-0.05, 0) is 35.9 Å². The van der Waals surface area contributed by atoms with E-state index >= 15 is 0 Å². The molecule has 0 saturated heterocycles. The molecule has 1 N–H and O–H groups in total. The second-order valence-corrected chi connectivity index (χ2v) is 6.02. The molecular weight excluding hydrogens is 350 g/mol. The van der Waals surface area contributed by atoms with Crippen molar-refractivity contribution in [2.75, 3.05) is 0 Å². The first-order valence-electron chi connectivity index (χ1n) is 8.00. The van der Waals surface area contributed by atoms with Crippen LogP contribution in [0.1, 0.15) is 31.8 Å². The molecule has 3 rings (SSSR count). The average molecular weight is 366 g/mol. The second kappa shape index (κ2) is 8.43. The van der Waals surface area contributed by atoms with Gasteiger partial charge >= 0.3 is 0 Å². The summed E-state index contributed by atoms with van der Waals surface area (Å²) < 4.78 is 0. The molecule has 0 radical (unpaired) electrons. The predicted octanol–water partition coefficient (Wildman–Crippen LogP) is 4.43. The molecule has 0 spiro atoms. The van der Waals surface area contributed by atoms with Gasteiger partial charge in [-0.1, -0.05) is 60.1 Å². The Morgan fingerprint density at radius 1 is 0.808 bits per heavy atom. The van der Waals surface area contributed by atoms with Gasteiger partial charge in [-0.25, -0.2) is 5.48 Å². The van der Waals surface area contributed by atoms with Crippen LogP contribution in [0.2, 0.25) is 5.02 Å². The number of ketones is 1. The van der Waals surface area contributed by atoms with Crippen molar-refractivity contribution in [1.29, 1.82) is 0 Å². The van der Waals surface area contributed by atoms with Gasteiger partial charge in [0.1, 0.15) is 0 Å². The number of nitrogens with one attached hydrogen (secondary N) is 1. The van der Waals surface area contributed by atoms with Crippen molar-refractivity contribution in [1.82, 2.24) is 5.48 Å². The molecule has 3 aromatic carbocycles. The van der Waals surface area contributed by atoms with Gasteiger partial charge in [-0.2, -0.15) is 0 Å². The van der Waals surface area contributed by atoms with Gasteiger partial charge in [-0.15, -0.1) is 0 Å². The Bertz CT molecular complexity index is 908. The average Bonchev–Trinajstić information content (AvgIpc) is 2.69. The van der Waals surface area contributed by atoms with Crippen LogP contribution in [0.5, 0.6) is 0 Å². The largest absolute Gasteiger partial charge is 0.289 e. The molecular formula is C21H16ClNO3. The summed E-state index contributed by atoms with van der Waals surface area (Å²) in [5, 5.41) is 0.543. The van der Waals surface area contributed by atoms with Crippen LogP contribution < -0.4 is 5.48 Å². The molecule has 26 heavy (non-hydrogen) atoms. The third kappa shape index (κ3) is 4.36. The molecule has 0 saturated carbocycles. The first-order valence-corrected chi connectivity index (χ1v) is 8.38. The lowest BCUT2D eigenvalue weighted by atomic mass is 9.98. The lowest BCUT2D eigenvalue weighted by Crippen LogP contribution is -2.25. The number of hydrogen-bond acceptors (Lipinski definition) is 3. The lowest BCUT2D eigenvalue weighted by molar-refractivity contribution is 0.0232. The quantitative estimate of drug-likeness (QED) is 0.519. The van der Waals surface area contributed by atoms with E-state index in [1.54, 1.807) is 48.5 Å². The Hall–Kier alpha value is -2.95. The second-order valence-electron chi connectivity index (χ2n) is 5.59. The summed E-state index contributed by atoms with van der Waals surface area (Å²) in [7, 11) is 0. The van der Waals surface area contributed by atoms with E-state index < -0.39 is 5.91 Å². The molecule has 0 aliphatic rings. The van der Waals surface area contributed by atoms with E-state index in [-0.39, 0.29) is 18.0 Å². The van der Waals surface area contributed by atoms with Crippen molar-refractivity contribution in [3.8, 4) is 0 Å². The normalized spacial score (nSPS) is 10.3.